The Labute approximate surface area is 234 Å². The van der Waals surface area contributed by atoms with Crippen LogP contribution in [-0.4, -0.2) is 71.3 Å². The van der Waals surface area contributed by atoms with Gasteiger partial charge in [-0.2, -0.15) is 0 Å². The Kier molecular flexibility index (Phi) is 9.81. The Morgan fingerprint density at radius 3 is 2.39 bits per heavy atom. The van der Waals surface area contributed by atoms with Gasteiger partial charge in [0.15, 0.2) is 11.5 Å². The normalized spacial score (nSPS) is 20.3. The number of fused-ring (bicyclic) bond motifs is 1. The number of esters is 1. The summed E-state index contributed by atoms with van der Waals surface area (Å²) in [6.45, 7) is 6.18. The summed E-state index contributed by atoms with van der Waals surface area (Å²) in [5.74, 6) is -2.47. The third-order valence-corrected chi connectivity index (χ3v) is 8.24. The summed E-state index contributed by atoms with van der Waals surface area (Å²) in [4.78, 5) is 43.9. The molecule has 1 aromatic carbocycles. The van der Waals surface area contributed by atoms with Crippen molar-refractivity contribution in [2.75, 3.05) is 11.9 Å². The topological polar surface area (TPSA) is 232 Å². The van der Waals surface area contributed by atoms with Crippen molar-refractivity contribution in [2.24, 2.45) is 5.73 Å². The number of imidazole rings is 1. The Balaban J connectivity index is 0.000000358. The molecule has 0 bridgehead atoms. The Morgan fingerprint density at radius 1 is 1.12 bits per heavy atom. The monoisotopic (exact) mass is 590 g/mol. The number of aromatic nitrogens is 4. The van der Waals surface area contributed by atoms with Crippen molar-refractivity contribution in [3.8, 4) is 5.75 Å². The number of anilines is 1. The molecule has 0 radical (unpaired) electrons. The van der Waals surface area contributed by atoms with Gasteiger partial charge in [0, 0.05) is 12.2 Å². The molecule has 4 rings (SSSR count). The van der Waals surface area contributed by atoms with Crippen LogP contribution in [-0.2, 0) is 41.6 Å². The van der Waals surface area contributed by atoms with Crippen LogP contribution in [0.2, 0.25) is 0 Å². The van der Waals surface area contributed by atoms with Gasteiger partial charge in [0.05, 0.1) is 37.8 Å². The van der Waals surface area contributed by atoms with Gasteiger partial charge in [0.25, 0.3) is 7.37 Å². The molecule has 6 N–H and O–H groups in total. The zero-order chi connectivity index (χ0) is 30.4. The van der Waals surface area contributed by atoms with Gasteiger partial charge in [-0.25, -0.2) is 29.3 Å². The van der Waals surface area contributed by atoms with Crippen molar-refractivity contribution in [2.45, 2.75) is 51.4 Å². The SMILES string of the molecule is CC(C)OC(=O)/C=C/C(=O)O.C[C@H](Cn1cnc2c(N)ncnc21)OCc1ccc(OP2(=O)C[C@]2(N)C(=O)O)cc1. The fourth-order valence-corrected chi connectivity index (χ4v) is 5.46. The van der Waals surface area contributed by atoms with E-state index in [0.29, 0.717) is 35.9 Å². The van der Waals surface area contributed by atoms with Crippen molar-refractivity contribution >= 4 is 42.3 Å². The predicted molar refractivity (Wildman–Crippen MR) is 146 cm³/mol. The first kappa shape index (κ1) is 31.2. The molecule has 3 atom stereocenters. The van der Waals surface area contributed by atoms with Gasteiger partial charge < -0.3 is 40.2 Å². The van der Waals surface area contributed by atoms with E-state index in [1.807, 2.05) is 11.5 Å². The van der Waals surface area contributed by atoms with E-state index in [9.17, 15) is 18.9 Å². The largest absolute Gasteiger partial charge is 0.479 e. The van der Waals surface area contributed by atoms with E-state index in [1.54, 1.807) is 44.4 Å². The third kappa shape index (κ3) is 8.10. The Bertz CT molecular complexity index is 1490. The molecule has 1 aliphatic rings. The fraction of sp³-hybridized carbons (Fsp3) is 0.360. The molecule has 41 heavy (non-hydrogen) atoms. The van der Waals surface area contributed by atoms with Crippen molar-refractivity contribution in [3.05, 3.63) is 54.6 Å². The number of benzene rings is 1. The number of hydrogen-bond donors (Lipinski definition) is 4. The first-order valence-electron chi connectivity index (χ1n) is 12.3. The molecule has 1 fully saturated rings. The number of aliphatic carboxylic acids is 2. The first-order valence-corrected chi connectivity index (χ1v) is 14.1. The summed E-state index contributed by atoms with van der Waals surface area (Å²) < 4.78 is 30.1. The minimum Gasteiger partial charge on any atom is -0.479 e. The molecule has 3 heterocycles. The molecule has 0 spiro atoms. The number of carbonyl (C=O) groups excluding carboxylic acids is 1. The van der Waals surface area contributed by atoms with Gasteiger partial charge >= 0.3 is 17.9 Å². The van der Waals surface area contributed by atoms with Gasteiger partial charge in [-0.1, -0.05) is 12.1 Å². The predicted octanol–water partition coefficient (Wildman–Crippen LogP) is 2.00. The van der Waals surface area contributed by atoms with Crippen LogP contribution in [0.25, 0.3) is 11.2 Å². The molecule has 16 heteroatoms. The molecule has 2 aromatic heterocycles. The number of carbonyl (C=O) groups is 3. The van der Waals surface area contributed by atoms with Crippen LogP contribution in [0.1, 0.15) is 26.3 Å². The quantitative estimate of drug-likeness (QED) is 0.142. The number of nitrogens with zero attached hydrogens (tertiary/aromatic N) is 4. The van der Waals surface area contributed by atoms with E-state index in [1.165, 1.54) is 6.33 Å². The van der Waals surface area contributed by atoms with Gasteiger partial charge in [-0.05, 0) is 38.5 Å². The first-order chi connectivity index (χ1) is 19.2. The lowest BCUT2D eigenvalue weighted by molar-refractivity contribution is -0.142. The number of carboxylic acid groups (broad SMARTS) is 2. The number of nitrogen functional groups attached to an aromatic ring is 1. The van der Waals surface area contributed by atoms with Crippen LogP contribution in [0, 0.1) is 0 Å². The van der Waals surface area contributed by atoms with Gasteiger partial charge in [0.2, 0.25) is 5.28 Å². The molecule has 3 aromatic rings. The smallest absolute Gasteiger partial charge is 0.335 e. The summed E-state index contributed by atoms with van der Waals surface area (Å²) in [7, 11) is -3.40. The van der Waals surface area contributed by atoms with Crippen LogP contribution < -0.4 is 16.0 Å². The maximum atomic E-state index is 12.4. The second kappa shape index (κ2) is 12.9. The number of nitrogens with two attached hydrogens (primary N) is 2. The van der Waals surface area contributed by atoms with E-state index in [0.717, 1.165) is 17.7 Å². The number of hydrogen-bond acceptors (Lipinski definition) is 12. The van der Waals surface area contributed by atoms with Crippen LogP contribution in [0.4, 0.5) is 5.82 Å². The fourth-order valence-electron chi connectivity index (χ4n) is 3.44. The molecule has 1 aliphatic heterocycles. The molecule has 1 unspecified atom stereocenters. The van der Waals surface area contributed by atoms with E-state index in [2.05, 4.69) is 19.7 Å². The van der Waals surface area contributed by atoms with Gasteiger partial charge in [0.1, 0.15) is 17.6 Å². The molecule has 1 saturated heterocycles. The molecule has 0 aliphatic carbocycles. The maximum absolute atomic E-state index is 12.4. The second-order valence-electron chi connectivity index (χ2n) is 9.40. The molecular weight excluding hydrogens is 559 g/mol. The highest BCUT2D eigenvalue weighted by atomic mass is 31.2. The molecule has 0 amide bonds. The average molecular weight is 591 g/mol. The molecule has 0 saturated carbocycles. The highest BCUT2D eigenvalue weighted by molar-refractivity contribution is 7.70. The van der Waals surface area contributed by atoms with Crippen molar-refractivity contribution in [3.63, 3.8) is 0 Å². The summed E-state index contributed by atoms with van der Waals surface area (Å²) in [5.41, 5.74) is 13.5. The Hall–Kier alpha value is -4.33. The van der Waals surface area contributed by atoms with E-state index in [-0.39, 0.29) is 18.4 Å². The second-order valence-corrected chi connectivity index (χ2v) is 12.0. The van der Waals surface area contributed by atoms with E-state index < -0.39 is 30.6 Å². The van der Waals surface area contributed by atoms with Crippen LogP contribution in [0.5, 0.6) is 5.75 Å². The lowest BCUT2D eigenvalue weighted by Crippen LogP contribution is -2.33. The summed E-state index contributed by atoms with van der Waals surface area (Å²) in [5, 5.41) is 15.4. The third-order valence-electron chi connectivity index (χ3n) is 5.63. The van der Waals surface area contributed by atoms with E-state index >= 15 is 0 Å². The summed E-state index contributed by atoms with van der Waals surface area (Å²) >= 11 is 0. The highest BCUT2D eigenvalue weighted by Gasteiger charge is 2.72. The number of rotatable bonds is 11. The number of ether oxygens (including phenoxy) is 2. The lowest BCUT2D eigenvalue weighted by atomic mass is 10.2. The minimum atomic E-state index is -3.40. The van der Waals surface area contributed by atoms with Crippen molar-refractivity contribution in [1.29, 1.82) is 0 Å². The van der Waals surface area contributed by atoms with Crippen molar-refractivity contribution < 1.29 is 43.2 Å². The van der Waals surface area contributed by atoms with Crippen molar-refractivity contribution in [1.82, 2.24) is 19.5 Å². The minimum absolute atomic E-state index is 0.134. The lowest BCUT2D eigenvalue weighted by Gasteiger charge is -2.14. The van der Waals surface area contributed by atoms with Gasteiger partial charge in [-0.15, -0.1) is 0 Å². The van der Waals surface area contributed by atoms with E-state index in [4.69, 9.17) is 30.9 Å². The zero-order valence-corrected chi connectivity index (χ0v) is 23.4. The maximum Gasteiger partial charge on any atom is 0.335 e. The summed E-state index contributed by atoms with van der Waals surface area (Å²) in [6.07, 6.45) is 4.14. The molecule has 220 valence electrons. The number of carboxylic acids is 2. The Morgan fingerprint density at radius 2 is 1.80 bits per heavy atom. The van der Waals surface area contributed by atoms with Crippen LogP contribution in [0.15, 0.2) is 49.1 Å². The van der Waals surface area contributed by atoms with Crippen LogP contribution >= 0.6 is 7.37 Å². The zero-order valence-electron chi connectivity index (χ0n) is 22.5. The standard InChI is InChI=1S/C18H21N6O5P.C7H10O4/c1-11(6-24-10-23-14-15(19)21-9-22-16(14)24)28-7-12-2-4-13(5-3-12)29-30(27)8-18(30,20)17(25)26;1-5(2)11-7(10)4-3-6(8)9/h2-5,9-11H,6-8,20H2,1H3,(H,25,26)(H2,19,21,22);3-5H,1-2H3,(H,8,9)/b;4-3+/t11-,18-,30?;/m1./s1. The van der Waals surface area contributed by atoms with Gasteiger partial charge in [-0.3, -0.25) is 4.57 Å². The average Bonchev–Trinajstić information content (AvgIpc) is 3.23. The molecular formula is C25H31N6O9P. The molecule has 15 nitrogen and oxygen atoms in total. The highest BCUT2D eigenvalue weighted by Crippen LogP contribution is 2.72. The van der Waals surface area contributed by atoms with Crippen LogP contribution in [0.3, 0.4) is 0 Å². The summed E-state index contributed by atoms with van der Waals surface area (Å²) in [6, 6.07) is 6.76.